The van der Waals surface area contributed by atoms with Crippen LogP contribution in [0.1, 0.15) is 11.1 Å². The third-order valence-corrected chi connectivity index (χ3v) is 3.36. The summed E-state index contributed by atoms with van der Waals surface area (Å²) in [6.07, 6.45) is 0. The average Bonchev–Trinajstić information content (AvgIpc) is 2.46. The van der Waals surface area contributed by atoms with Gasteiger partial charge in [0.15, 0.2) is 0 Å². The van der Waals surface area contributed by atoms with Gasteiger partial charge in [-0.15, -0.1) is 0 Å². The van der Waals surface area contributed by atoms with Gasteiger partial charge in [0, 0.05) is 22.2 Å². The number of non-ortho nitro benzene ring substituents is 1. The van der Waals surface area contributed by atoms with E-state index in [1.807, 2.05) is 6.07 Å². The highest BCUT2D eigenvalue weighted by Gasteiger charge is 2.09. The second kappa shape index (κ2) is 6.17. The number of nitriles is 1. The van der Waals surface area contributed by atoms with Crippen LogP contribution in [-0.4, -0.2) is 4.92 Å². The van der Waals surface area contributed by atoms with Gasteiger partial charge in [-0.25, -0.2) is 0 Å². The number of nitro groups is 1. The standard InChI is InChI=1S/C14H9BrN2O3/c15-14-7-12(17(18)19)4-3-11(14)9-20-13-5-1-10(8-16)2-6-13/h1-7H,9H2. The lowest BCUT2D eigenvalue weighted by atomic mass is 10.2. The lowest BCUT2D eigenvalue weighted by Gasteiger charge is -2.07. The molecular weight excluding hydrogens is 324 g/mol. The molecule has 0 spiro atoms. The first-order chi connectivity index (χ1) is 9.60. The Kier molecular flexibility index (Phi) is 4.33. The number of halogens is 1. The highest BCUT2D eigenvalue weighted by molar-refractivity contribution is 9.10. The number of hydrogen-bond donors (Lipinski definition) is 0. The Morgan fingerprint density at radius 1 is 1.25 bits per heavy atom. The van der Waals surface area contributed by atoms with Crippen molar-refractivity contribution < 1.29 is 9.66 Å². The fourth-order valence-electron chi connectivity index (χ4n) is 1.55. The highest BCUT2D eigenvalue weighted by Crippen LogP contribution is 2.24. The number of benzene rings is 2. The van der Waals surface area contributed by atoms with Crippen molar-refractivity contribution in [2.45, 2.75) is 6.61 Å². The smallest absolute Gasteiger partial charge is 0.270 e. The summed E-state index contributed by atoms with van der Waals surface area (Å²) < 4.78 is 6.19. The van der Waals surface area contributed by atoms with Crippen LogP contribution < -0.4 is 4.74 Å². The Balaban J connectivity index is 2.07. The Morgan fingerprint density at radius 2 is 1.95 bits per heavy atom. The summed E-state index contributed by atoms with van der Waals surface area (Å²) in [5.41, 5.74) is 1.40. The van der Waals surface area contributed by atoms with Crippen LogP contribution in [0.2, 0.25) is 0 Å². The first kappa shape index (κ1) is 14.0. The van der Waals surface area contributed by atoms with Crippen molar-refractivity contribution in [1.29, 1.82) is 5.26 Å². The molecule has 20 heavy (non-hydrogen) atoms. The van der Waals surface area contributed by atoms with Crippen molar-refractivity contribution in [3.05, 3.63) is 68.2 Å². The van der Waals surface area contributed by atoms with Crippen LogP contribution in [0.25, 0.3) is 0 Å². The van der Waals surface area contributed by atoms with Crippen LogP contribution in [0, 0.1) is 21.4 Å². The van der Waals surface area contributed by atoms with Gasteiger partial charge in [0.05, 0.1) is 16.6 Å². The molecule has 0 radical (unpaired) electrons. The van der Waals surface area contributed by atoms with Crippen molar-refractivity contribution in [1.82, 2.24) is 0 Å². The quantitative estimate of drug-likeness (QED) is 0.630. The third-order valence-electron chi connectivity index (χ3n) is 2.63. The summed E-state index contributed by atoms with van der Waals surface area (Å²) in [5, 5.41) is 19.3. The second-order valence-corrected chi connectivity index (χ2v) is 4.81. The van der Waals surface area contributed by atoms with Crippen LogP contribution in [0.5, 0.6) is 5.75 Å². The molecule has 0 aliphatic carbocycles. The summed E-state index contributed by atoms with van der Waals surface area (Å²) in [4.78, 5) is 10.2. The molecule has 0 saturated carbocycles. The van der Waals surface area contributed by atoms with Crippen molar-refractivity contribution in [3.8, 4) is 11.8 Å². The van der Waals surface area contributed by atoms with E-state index < -0.39 is 4.92 Å². The maximum atomic E-state index is 10.6. The van der Waals surface area contributed by atoms with E-state index in [0.717, 1.165) is 5.56 Å². The van der Waals surface area contributed by atoms with Gasteiger partial charge in [-0.1, -0.05) is 15.9 Å². The van der Waals surface area contributed by atoms with Gasteiger partial charge in [-0.3, -0.25) is 10.1 Å². The molecule has 100 valence electrons. The van der Waals surface area contributed by atoms with E-state index in [0.29, 0.717) is 15.8 Å². The second-order valence-electron chi connectivity index (χ2n) is 3.96. The first-order valence-electron chi connectivity index (χ1n) is 5.66. The molecule has 2 aromatic rings. The van der Waals surface area contributed by atoms with Crippen LogP contribution in [-0.2, 0) is 6.61 Å². The number of ether oxygens (including phenoxy) is 1. The van der Waals surface area contributed by atoms with E-state index in [9.17, 15) is 10.1 Å². The Morgan fingerprint density at radius 3 is 2.50 bits per heavy atom. The van der Waals surface area contributed by atoms with Gasteiger partial charge in [0.25, 0.3) is 5.69 Å². The van der Waals surface area contributed by atoms with E-state index in [2.05, 4.69) is 15.9 Å². The maximum Gasteiger partial charge on any atom is 0.270 e. The minimum absolute atomic E-state index is 0.0269. The van der Waals surface area contributed by atoms with E-state index in [1.54, 1.807) is 30.3 Å². The van der Waals surface area contributed by atoms with Crippen molar-refractivity contribution in [3.63, 3.8) is 0 Å². The number of rotatable bonds is 4. The van der Waals surface area contributed by atoms with Crippen molar-refractivity contribution in [2.24, 2.45) is 0 Å². The fraction of sp³-hybridized carbons (Fsp3) is 0.0714. The topological polar surface area (TPSA) is 76.2 Å². The molecule has 0 aliphatic heterocycles. The summed E-state index contributed by atoms with van der Waals surface area (Å²) in [6, 6.07) is 13.3. The van der Waals surface area contributed by atoms with E-state index in [4.69, 9.17) is 10.00 Å². The molecule has 2 aromatic carbocycles. The van der Waals surface area contributed by atoms with E-state index >= 15 is 0 Å². The molecule has 0 saturated heterocycles. The Labute approximate surface area is 123 Å². The molecule has 0 heterocycles. The number of nitrogens with zero attached hydrogens (tertiary/aromatic N) is 2. The Bertz CT molecular complexity index is 678. The zero-order valence-corrected chi connectivity index (χ0v) is 11.8. The summed E-state index contributed by atoms with van der Waals surface area (Å²) in [5.74, 6) is 0.634. The minimum Gasteiger partial charge on any atom is -0.489 e. The fourth-order valence-corrected chi connectivity index (χ4v) is 2.03. The van der Waals surface area contributed by atoms with Crippen LogP contribution >= 0.6 is 15.9 Å². The molecule has 0 atom stereocenters. The summed E-state index contributed by atoms with van der Waals surface area (Å²) >= 11 is 3.28. The molecule has 5 nitrogen and oxygen atoms in total. The number of nitro benzene ring substituents is 1. The molecule has 0 aromatic heterocycles. The lowest BCUT2D eigenvalue weighted by Crippen LogP contribution is -1.97. The SMILES string of the molecule is N#Cc1ccc(OCc2ccc([N+](=O)[O-])cc2Br)cc1. The molecule has 0 N–H and O–H groups in total. The molecule has 0 fully saturated rings. The Hall–Kier alpha value is -2.39. The lowest BCUT2D eigenvalue weighted by molar-refractivity contribution is -0.384. The van der Waals surface area contributed by atoms with Gasteiger partial charge >= 0.3 is 0 Å². The largest absolute Gasteiger partial charge is 0.489 e. The first-order valence-corrected chi connectivity index (χ1v) is 6.45. The maximum absolute atomic E-state index is 10.6. The zero-order chi connectivity index (χ0) is 14.5. The average molecular weight is 333 g/mol. The van der Waals surface area contributed by atoms with Crippen molar-refractivity contribution >= 4 is 21.6 Å². The van der Waals surface area contributed by atoms with E-state index in [-0.39, 0.29) is 12.3 Å². The predicted molar refractivity (Wildman–Crippen MR) is 76.3 cm³/mol. The minimum atomic E-state index is -0.448. The predicted octanol–water partition coefficient (Wildman–Crippen LogP) is 3.81. The molecule has 2 rings (SSSR count). The molecule has 0 unspecified atom stereocenters. The van der Waals surface area contributed by atoms with Gasteiger partial charge in [-0.05, 0) is 30.3 Å². The molecule has 6 heteroatoms. The number of hydrogen-bond acceptors (Lipinski definition) is 4. The summed E-state index contributed by atoms with van der Waals surface area (Å²) in [6.45, 7) is 0.282. The molecule has 0 amide bonds. The summed E-state index contributed by atoms with van der Waals surface area (Å²) in [7, 11) is 0. The zero-order valence-electron chi connectivity index (χ0n) is 10.2. The van der Waals surface area contributed by atoms with Gasteiger partial charge in [0.1, 0.15) is 12.4 Å². The highest BCUT2D eigenvalue weighted by atomic mass is 79.9. The van der Waals surface area contributed by atoms with E-state index in [1.165, 1.54) is 12.1 Å². The molecular formula is C14H9BrN2O3. The van der Waals surface area contributed by atoms with Crippen LogP contribution in [0.3, 0.4) is 0 Å². The van der Waals surface area contributed by atoms with Crippen LogP contribution in [0.15, 0.2) is 46.9 Å². The van der Waals surface area contributed by atoms with Crippen molar-refractivity contribution in [2.75, 3.05) is 0 Å². The van der Waals surface area contributed by atoms with Gasteiger partial charge in [-0.2, -0.15) is 5.26 Å². The molecule has 0 aliphatic rings. The monoisotopic (exact) mass is 332 g/mol. The van der Waals surface area contributed by atoms with Gasteiger partial charge < -0.3 is 4.74 Å². The molecule has 0 bridgehead atoms. The third kappa shape index (κ3) is 3.33. The normalized spacial score (nSPS) is 9.80. The van der Waals surface area contributed by atoms with Crippen LogP contribution in [0.4, 0.5) is 5.69 Å². The van der Waals surface area contributed by atoms with Gasteiger partial charge in [0.2, 0.25) is 0 Å².